The number of fused-ring (bicyclic) bond motifs is 1. The number of hydrogen-bond acceptors (Lipinski definition) is 5. The molecule has 0 amide bonds. The van der Waals surface area contributed by atoms with Gasteiger partial charge in [-0.25, -0.2) is 17.6 Å². The first-order chi connectivity index (χ1) is 11.9. The van der Waals surface area contributed by atoms with E-state index in [0.717, 1.165) is 12.1 Å². The van der Waals surface area contributed by atoms with Gasteiger partial charge in [-0.3, -0.25) is 4.72 Å². The average molecular weight is 363 g/mol. The van der Waals surface area contributed by atoms with Crippen LogP contribution in [0, 0.1) is 5.82 Å². The molecular formula is C17H14FNO5S. The topological polar surface area (TPSA) is 85.6 Å². The summed E-state index contributed by atoms with van der Waals surface area (Å²) in [4.78, 5) is 11.6. The van der Waals surface area contributed by atoms with Crippen LogP contribution in [-0.2, 0) is 14.8 Å². The summed E-state index contributed by atoms with van der Waals surface area (Å²) in [6.07, 6.45) is 0. The van der Waals surface area contributed by atoms with Gasteiger partial charge < -0.3 is 9.15 Å². The van der Waals surface area contributed by atoms with Gasteiger partial charge in [0.15, 0.2) is 0 Å². The molecule has 0 radical (unpaired) electrons. The van der Waals surface area contributed by atoms with E-state index < -0.39 is 26.7 Å². The Labute approximate surface area is 143 Å². The van der Waals surface area contributed by atoms with Gasteiger partial charge in [-0.1, -0.05) is 24.3 Å². The first-order valence-corrected chi connectivity index (χ1v) is 8.88. The van der Waals surface area contributed by atoms with Crippen molar-refractivity contribution >= 4 is 32.6 Å². The number of nitrogens with one attached hydrogen (secondary N) is 1. The number of hydrogen-bond donors (Lipinski definition) is 1. The smallest absolute Gasteiger partial charge is 0.376 e. The fraction of sp³-hybridized carbons (Fsp3) is 0.118. The van der Waals surface area contributed by atoms with Crippen LogP contribution in [-0.4, -0.2) is 21.0 Å². The summed E-state index contributed by atoms with van der Waals surface area (Å²) in [6.45, 7) is 1.71. The molecule has 130 valence electrons. The molecule has 0 bridgehead atoms. The Balaban J connectivity index is 2.13. The van der Waals surface area contributed by atoms with Crippen LogP contribution in [0.5, 0.6) is 0 Å². The molecule has 3 rings (SSSR count). The largest absolute Gasteiger partial charge is 0.460 e. The number of ether oxygens (including phenoxy) is 1. The highest BCUT2D eigenvalue weighted by atomic mass is 32.2. The number of halogens is 1. The number of rotatable bonds is 5. The molecule has 6 nitrogen and oxygen atoms in total. The van der Waals surface area contributed by atoms with E-state index in [-0.39, 0.29) is 18.1 Å². The van der Waals surface area contributed by atoms with Crippen LogP contribution in [0.3, 0.4) is 0 Å². The van der Waals surface area contributed by atoms with E-state index in [9.17, 15) is 17.6 Å². The normalized spacial score (nSPS) is 11.4. The third-order valence-corrected chi connectivity index (χ3v) is 4.80. The minimum Gasteiger partial charge on any atom is -0.460 e. The van der Waals surface area contributed by atoms with Crippen LogP contribution < -0.4 is 4.72 Å². The highest BCUT2D eigenvalue weighted by Crippen LogP contribution is 2.33. The van der Waals surface area contributed by atoms with Crippen LogP contribution in [0.25, 0.3) is 11.0 Å². The number of sulfonamides is 1. The maximum absolute atomic E-state index is 13.9. The lowest BCUT2D eigenvalue weighted by molar-refractivity contribution is 0.0494. The monoisotopic (exact) mass is 363 g/mol. The molecule has 0 saturated heterocycles. The molecular weight excluding hydrogens is 349 g/mol. The summed E-state index contributed by atoms with van der Waals surface area (Å²) in [5.41, 5.74) is 0.217. The summed E-state index contributed by atoms with van der Waals surface area (Å²) in [5.74, 6) is -2.01. The Hall–Kier alpha value is -2.87. The van der Waals surface area contributed by atoms with Crippen molar-refractivity contribution in [3.8, 4) is 0 Å². The lowest BCUT2D eigenvalue weighted by Gasteiger charge is -2.09. The molecule has 0 aliphatic carbocycles. The van der Waals surface area contributed by atoms with Crippen molar-refractivity contribution in [3.63, 3.8) is 0 Å². The van der Waals surface area contributed by atoms with E-state index >= 15 is 0 Å². The Morgan fingerprint density at radius 2 is 1.84 bits per heavy atom. The fourth-order valence-electron chi connectivity index (χ4n) is 2.34. The molecule has 0 aliphatic rings. The third kappa shape index (κ3) is 3.20. The van der Waals surface area contributed by atoms with Gasteiger partial charge in [-0.2, -0.15) is 0 Å². The predicted molar refractivity (Wildman–Crippen MR) is 89.4 cm³/mol. The van der Waals surface area contributed by atoms with E-state index in [2.05, 4.69) is 4.72 Å². The zero-order valence-corrected chi connectivity index (χ0v) is 14.0. The highest BCUT2D eigenvalue weighted by Gasteiger charge is 2.27. The number of carbonyl (C=O) groups excluding carboxylic acids is 1. The molecule has 0 unspecified atom stereocenters. The first-order valence-electron chi connectivity index (χ1n) is 7.40. The zero-order valence-electron chi connectivity index (χ0n) is 13.2. The third-order valence-electron chi connectivity index (χ3n) is 3.42. The summed E-state index contributed by atoms with van der Waals surface area (Å²) >= 11 is 0. The molecule has 2 aromatic carbocycles. The molecule has 0 fully saturated rings. The van der Waals surface area contributed by atoms with Crippen LogP contribution >= 0.6 is 0 Å². The van der Waals surface area contributed by atoms with Gasteiger partial charge in [0.1, 0.15) is 22.0 Å². The number of anilines is 1. The van der Waals surface area contributed by atoms with Gasteiger partial charge in [-0.05, 0) is 31.2 Å². The Morgan fingerprint density at radius 1 is 1.16 bits per heavy atom. The van der Waals surface area contributed by atoms with Crippen molar-refractivity contribution in [1.82, 2.24) is 0 Å². The predicted octanol–water partition coefficient (Wildman–Crippen LogP) is 3.55. The molecule has 8 heteroatoms. The second-order valence-corrected chi connectivity index (χ2v) is 6.71. The van der Waals surface area contributed by atoms with Crippen LogP contribution in [0.4, 0.5) is 10.1 Å². The summed E-state index contributed by atoms with van der Waals surface area (Å²) in [7, 11) is -4.27. The van der Waals surface area contributed by atoms with Gasteiger partial charge in [0.05, 0.1) is 6.61 Å². The first kappa shape index (κ1) is 17.0. The molecule has 25 heavy (non-hydrogen) atoms. The second-order valence-electron chi connectivity index (χ2n) is 5.06. The van der Waals surface area contributed by atoms with Crippen molar-refractivity contribution in [2.45, 2.75) is 11.8 Å². The van der Waals surface area contributed by atoms with E-state index in [1.165, 1.54) is 12.1 Å². The SMILES string of the molecule is CCOC(=O)c1oc2ccccc2c1NS(=O)(=O)c1ccccc1F. The fourth-order valence-corrected chi connectivity index (χ4v) is 3.50. The van der Waals surface area contributed by atoms with Crippen molar-refractivity contribution in [2.24, 2.45) is 0 Å². The molecule has 1 heterocycles. The number of esters is 1. The van der Waals surface area contributed by atoms with E-state index in [1.54, 1.807) is 31.2 Å². The number of benzene rings is 2. The number of para-hydroxylation sites is 1. The van der Waals surface area contributed by atoms with Crippen molar-refractivity contribution in [3.05, 3.63) is 60.1 Å². The van der Waals surface area contributed by atoms with Crippen molar-refractivity contribution in [1.29, 1.82) is 0 Å². The van der Waals surface area contributed by atoms with Crippen molar-refractivity contribution in [2.75, 3.05) is 11.3 Å². The Bertz CT molecular complexity index is 1040. The number of furan rings is 1. The number of carbonyl (C=O) groups is 1. The molecule has 0 spiro atoms. The van der Waals surface area contributed by atoms with Gasteiger partial charge >= 0.3 is 5.97 Å². The Kier molecular flexibility index (Phi) is 4.45. The lowest BCUT2D eigenvalue weighted by atomic mass is 10.2. The Morgan fingerprint density at radius 3 is 2.56 bits per heavy atom. The molecule has 0 saturated carbocycles. The summed E-state index contributed by atoms with van der Waals surface area (Å²) in [5, 5.41) is 0.366. The van der Waals surface area contributed by atoms with Crippen LogP contribution in [0.1, 0.15) is 17.5 Å². The zero-order chi connectivity index (χ0) is 18.0. The highest BCUT2D eigenvalue weighted by molar-refractivity contribution is 7.92. The summed E-state index contributed by atoms with van der Waals surface area (Å²) < 4.78 is 51.6. The molecule has 3 aromatic rings. The minimum atomic E-state index is -4.27. The van der Waals surface area contributed by atoms with E-state index in [1.807, 2.05) is 0 Å². The second kappa shape index (κ2) is 6.56. The quantitative estimate of drug-likeness (QED) is 0.701. The maximum atomic E-state index is 13.9. The van der Waals surface area contributed by atoms with Gasteiger partial charge in [0, 0.05) is 5.39 Å². The molecule has 1 N–H and O–H groups in total. The maximum Gasteiger partial charge on any atom is 0.376 e. The minimum absolute atomic E-state index is 0.0858. The van der Waals surface area contributed by atoms with Gasteiger partial charge in [0.2, 0.25) is 5.76 Å². The van der Waals surface area contributed by atoms with Gasteiger partial charge in [0.25, 0.3) is 10.0 Å². The van der Waals surface area contributed by atoms with E-state index in [4.69, 9.17) is 9.15 Å². The van der Waals surface area contributed by atoms with Crippen LogP contribution in [0.15, 0.2) is 57.8 Å². The lowest BCUT2D eigenvalue weighted by Crippen LogP contribution is -2.16. The van der Waals surface area contributed by atoms with Crippen molar-refractivity contribution < 1.29 is 26.8 Å². The van der Waals surface area contributed by atoms with Crippen LogP contribution in [0.2, 0.25) is 0 Å². The summed E-state index contributed by atoms with van der Waals surface area (Å²) in [6, 6.07) is 11.4. The van der Waals surface area contributed by atoms with Gasteiger partial charge in [-0.15, -0.1) is 0 Å². The standard InChI is InChI=1S/C17H14FNO5S/c1-2-23-17(20)16-15(11-7-3-5-9-13(11)24-16)19-25(21,22)14-10-6-4-8-12(14)18/h3-10,19H,2H2,1H3. The van der Waals surface area contributed by atoms with E-state index in [0.29, 0.717) is 11.0 Å². The molecule has 0 atom stereocenters. The average Bonchev–Trinajstić information content (AvgIpc) is 2.94. The molecule has 0 aliphatic heterocycles. The molecule has 1 aromatic heterocycles.